The van der Waals surface area contributed by atoms with Gasteiger partial charge in [-0.15, -0.1) is 5.10 Å². The summed E-state index contributed by atoms with van der Waals surface area (Å²) in [6.07, 6.45) is 1.40. The first-order valence-electron chi connectivity index (χ1n) is 5.05. The van der Waals surface area contributed by atoms with Crippen LogP contribution in [0.3, 0.4) is 0 Å². The lowest BCUT2D eigenvalue weighted by Gasteiger charge is -1.96. The van der Waals surface area contributed by atoms with Crippen LogP contribution in [0.1, 0.15) is 11.5 Å². The number of hydrogen-bond acceptors (Lipinski definition) is 7. The van der Waals surface area contributed by atoms with Gasteiger partial charge in [0.2, 0.25) is 0 Å². The molecule has 94 valence electrons. The maximum Gasteiger partial charge on any atom is 0.263 e. The predicted molar refractivity (Wildman–Crippen MR) is 61.4 cm³/mol. The molecule has 0 spiro atoms. The summed E-state index contributed by atoms with van der Waals surface area (Å²) >= 11 is 0. The fraction of sp³-hybridized carbons (Fsp3) is 0.222. The second-order valence-corrected chi connectivity index (χ2v) is 3.42. The molecule has 0 saturated carbocycles. The quantitative estimate of drug-likeness (QED) is 0.545. The third-order valence-electron chi connectivity index (χ3n) is 1.90. The molecule has 0 unspecified atom stereocenters. The molecule has 9 nitrogen and oxygen atoms in total. The highest BCUT2D eigenvalue weighted by Crippen LogP contribution is 2.02. The van der Waals surface area contributed by atoms with Crippen molar-refractivity contribution >= 4 is 18.1 Å². The second-order valence-electron chi connectivity index (χ2n) is 3.42. The monoisotopic (exact) mass is 249 g/mol. The van der Waals surface area contributed by atoms with Crippen molar-refractivity contribution in [3.05, 3.63) is 23.7 Å². The minimum Gasteiger partial charge on any atom is -0.460 e. The van der Waals surface area contributed by atoms with Crippen molar-refractivity contribution in [2.75, 3.05) is 5.73 Å². The van der Waals surface area contributed by atoms with Gasteiger partial charge in [-0.3, -0.25) is 4.79 Å². The largest absolute Gasteiger partial charge is 0.460 e. The lowest BCUT2D eigenvalue weighted by atomic mass is 10.4. The van der Waals surface area contributed by atoms with Crippen molar-refractivity contribution in [2.24, 2.45) is 5.10 Å². The molecule has 18 heavy (non-hydrogen) atoms. The molecule has 2 rings (SSSR count). The van der Waals surface area contributed by atoms with E-state index in [9.17, 15) is 4.79 Å². The molecular formula is C9H11N7O2. The van der Waals surface area contributed by atoms with Crippen LogP contribution >= 0.6 is 0 Å². The Morgan fingerprint density at radius 2 is 2.50 bits per heavy atom. The van der Waals surface area contributed by atoms with Crippen molar-refractivity contribution in [3.63, 3.8) is 0 Å². The van der Waals surface area contributed by atoms with E-state index in [-0.39, 0.29) is 12.5 Å². The number of amides is 1. The number of nitrogens with one attached hydrogen (secondary N) is 1. The van der Waals surface area contributed by atoms with Gasteiger partial charge in [0.1, 0.15) is 18.1 Å². The average Bonchev–Trinajstić information content (AvgIpc) is 2.88. The van der Waals surface area contributed by atoms with E-state index in [1.165, 1.54) is 6.21 Å². The van der Waals surface area contributed by atoms with Crippen molar-refractivity contribution < 1.29 is 9.21 Å². The molecule has 0 saturated heterocycles. The van der Waals surface area contributed by atoms with Gasteiger partial charge in [0.25, 0.3) is 11.9 Å². The Balaban J connectivity index is 1.83. The van der Waals surface area contributed by atoms with E-state index >= 15 is 0 Å². The maximum atomic E-state index is 11.4. The summed E-state index contributed by atoms with van der Waals surface area (Å²) in [7, 11) is 0. The van der Waals surface area contributed by atoms with Crippen molar-refractivity contribution in [1.82, 2.24) is 25.6 Å². The predicted octanol–water partition coefficient (Wildman–Crippen LogP) is -0.693. The van der Waals surface area contributed by atoms with Crippen molar-refractivity contribution in [1.29, 1.82) is 0 Å². The van der Waals surface area contributed by atoms with Crippen LogP contribution in [0, 0.1) is 6.92 Å². The van der Waals surface area contributed by atoms with E-state index in [4.69, 9.17) is 10.2 Å². The molecule has 0 fully saturated rings. The number of tetrazole rings is 1. The number of furan rings is 1. The van der Waals surface area contributed by atoms with E-state index in [0.29, 0.717) is 5.76 Å². The number of nitrogens with zero attached hydrogens (tertiary/aromatic N) is 5. The highest BCUT2D eigenvalue weighted by molar-refractivity contribution is 5.80. The Morgan fingerprint density at radius 3 is 3.11 bits per heavy atom. The number of nitrogen functional groups attached to an aromatic ring is 1. The molecule has 3 N–H and O–H groups in total. The minimum atomic E-state index is -0.396. The van der Waals surface area contributed by atoms with E-state index in [2.05, 4.69) is 25.9 Å². The van der Waals surface area contributed by atoms with Crippen LogP contribution in [0.15, 0.2) is 21.7 Å². The molecular weight excluding hydrogens is 238 g/mol. The van der Waals surface area contributed by atoms with E-state index < -0.39 is 5.91 Å². The first-order valence-corrected chi connectivity index (χ1v) is 5.05. The third-order valence-corrected chi connectivity index (χ3v) is 1.90. The van der Waals surface area contributed by atoms with Crippen LogP contribution < -0.4 is 11.2 Å². The zero-order valence-corrected chi connectivity index (χ0v) is 9.57. The number of hydrogen-bond donors (Lipinski definition) is 2. The van der Waals surface area contributed by atoms with Gasteiger partial charge in [-0.2, -0.15) is 9.90 Å². The molecule has 1 amide bonds. The normalized spacial score (nSPS) is 10.9. The van der Waals surface area contributed by atoms with Crippen LogP contribution in [0.25, 0.3) is 0 Å². The molecule has 0 radical (unpaired) electrons. The Hall–Kier alpha value is -2.71. The summed E-state index contributed by atoms with van der Waals surface area (Å²) in [5, 5.41) is 14.4. The fourth-order valence-corrected chi connectivity index (χ4v) is 1.18. The smallest absolute Gasteiger partial charge is 0.263 e. The first kappa shape index (κ1) is 11.8. The zero-order valence-electron chi connectivity index (χ0n) is 9.57. The molecule has 0 aliphatic rings. The van der Waals surface area contributed by atoms with Gasteiger partial charge in [0.15, 0.2) is 0 Å². The van der Waals surface area contributed by atoms with Gasteiger partial charge >= 0.3 is 0 Å². The maximum absolute atomic E-state index is 11.4. The SMILES string of the molecule is Cc1ccc(C=NNC(=O)Cn2nnc(N)n2)o1. The van der Waals surface area contributed by atoms with E-state index in [1.807, 2.05) is 6.92 Å². The van der Waals surface area contributed by atoms with Crippen LogP contribution in [0.5, 0.6) is 0 Å². The number of aromatic nitrogens is 4. The molecule has 0 aliphatic heterocycles. The third kappa shape index (κ3) is 3.14. The van der Waals surface area contributed by atoms with Crippen LogP contribution in [0.4, 0.5) is 5.95 Å². The molecule has 9 heteroatoms. The summed E-state index contributed by atoms with van der Waals surface area (Å²) in [5.41, 5.74) is 7.55. The molecule has 2 aromatic rings. The van der Waals surface area contributed by atoms with Crippen LogP contribution in [-0.4, -0.2) is 32.3 Å². The number of hydrazone groups is 1. The number of rotatable bonds is 4. The van der Waals surface area contributed by atoms with Gasteiger partial charge in [-0.25, -0.2) is 5.43 Å². The zero-order chi connectivity index (χ0) is 13.0. The van der Waals surface area contributed by atoms with Gasteiger partial charge in [0, 0.05) is 0 Å². The first-order chi connectivity index (χ1) is 8.63. The Morgan fingerprint density at radius 1 is 1.67 bits per heavy atom. The molecule has 2 heterocycles. The van der Waals surface area contributed by atoms with Gasteiger partial charge in [-0.1, -0.05) is 5.10 Å². The number of aryl methyl sites for hydroxylation is 1. The summed E-state index contributed by atoms with van der Waals surface area (Å²) in [5.74, 6) is 0.935. The highest BCUT2D eigenvalue weighted by Gasteiger charge is 2.04. The molecule has 0 aromatic carbocycles. The Bertz CT molecular complexity index is 571. The summed E-state index contributed by atoms with van der Waals surface area (Å²) in [4.78, 5) is 12.5. The Kier molecular flexibility index (Phi) is 3.32. The molecule has 0 bridgehead atoms. The van der Waals surface area contributed by atoms with Crippen molar-refractivity contribution in [3.8, 4) is 0 Å². The number of carbonyl (C=O) groups excluding carboxylic acids is 1. The molecule has 0 atom stereocenters. The fourth-order valence-electron chi connectivity index (χ4n) is 1.18. The number of anilines is 1. The lowest BCUT2D eigenvalue weighted by Crippen LogP contribution is -2.24. The minimum absolute atomic E-state index is 0.0114. The van der Waals surface area contributed by atoms with Gasteiger partial charge < -0.3 is 10.2 Å². The standard InChI is InChI=1S/C9H11N7O2/c1-6-2-3-7(18-6)4-11-12-8(17)5-16-14-9(10)13-15-16/h2-4H,5H2,1H3,(H2,10,14)(H,12,17). The summed E-state index contributed by atoms with van der Waals surface area (Å²) in [6.45, 7) is 1.70. The molecule has 2 aromatic heterocycles. The van der Waals surface area contributed by atoms with Crippen molar-refractivity contribution in [2.45, 2.75) is 13.5 Å². The van der Waals surface area contributed by atoms with E-state index in [1.54, 1.807) is 12.1 Å². The lowest BCUT2D eigenvalue weighted by molar-refractivity contribution is -0.122. The molecule has 0 aliphatic carbocycles. The number of carbonyl (C=O) groups is 1. The van der Waals surface area contributed by atoms with Gasteiger partial charge in [0.05, 0.1) is 6.21 Å². The Labute approximate surface area is 102 Å². The summed E-state index contributed by atoms with van der Waals surface area (Å²) in [6, 6.07) is 3.54. The van der Waals surface area contributed by atoms with Gasteiger partial charge in [-0.05, 0) is 24.3 Å². The summed E-state index contributed by atoms with van der Waals surface area (Å²) < 4.78 is 5.23. The topological polar surface area (TPSA) is 124 Å². The highest BCUT2D eigenvalue weighted by atomic mass is 16.3. The van der Waals surface area contributed by atoms with Crippen LogP contribution in [0.2, 0.25) is 0 Å². The second kappa shape index (κ2) is 5.08. The van der Waals surface area contributed by atoms with Crippen LogP contribution in [-0.2, 0) is 11.3 Å². The number of nitrogens with two attached hydrogens (primary N) is 1. The van der Waals surface area contributed by atoms with E-state index in [0.717, 1.165) is 10.6 Å². The average molecular weight is 249 g/mol.